The summed E-state index contributed by atoms with van der Waals surface area (Å²) in [5.74, 6) is 3.73. The highest BCUT2D eigenvalue weighted by Gasteiger charge is 2.07. The summed E-state index contributed by atoms with van der Waals surface area (Å²) in [6, 6.07) is 0. The summed E-state index contributed by atoms with van der Waals surface area (Å²) in [6.45, 7) is 6.20. The molecule has 2 nitrogen and oxygen atoms in total. The van der Waals surface area contributed by atoms with E-state index in [0.717, 1.165) is 34.1 Å². The molecule has 1 unspecified atom stereocenters. The van der Waals surface area contributed by atoms with Crippen molar-refractivity contribution in [3.05, 3.63) is 11.5 Å². The van der Waals surface area contributed by atoms with Crippen molar-refractivity contribution in [1.29, 1.82) is 0 Å². The maximum Gasteiger partial charge on any atom is 0.256 e. The van der Waals surface area contributed by atoms with Crippen LogP contribution in [0.1, 0.15) is 31.2 Å². The summed E-state index contributed by atoms with van der Waals surface area (Å²) >= 11 is 5.94. The molecule has 1 rings (SSSR count). The van der Waals surface area contributed by atoms with Gasteiger partial charge >= 0.3 is 0 Å². The van der Waals surface area contributed by atoms with E-state index in [1.807, 2.05) is 13.8 Å². The molecule has 1 atom stereocenters. The van der Waals surface area contributed by atoms with Crippen LogP contribution in [0.2, 0.25) is 0 Å². The first-order valence-electron chi connectivity index (χ1n) is 5.31. The number of hydrogen-bond donors (Lipinski definition) is 1. The van der Waals surface area contributed by atoms with E-state index in [1.165, 1.54) is 12.8 Å². The number of thioether (sulfide) groups is 1. The normalized spacial score (nSPS) is 13.1. The molecule has 0 bridgehead atoms. The number of thiol groups is 1. The van der Waals surface area contributed by atoms with E-state index in [4.69, 9.17) is 4.42 Å². The molecule has 0 aliphatic carbocycles. The largest absolute Gasteiger partial charge is 0.437 e. The second-order valence-corrected chi connectivity index (χ2v) is 5.37. The fourth-order valence-corrected chi connectivity index (χ4v) is 2.74. The second kappa shape index (κ2) is 6.48. The van der Waals surface area contributed by atoms with Gasteiger partial charge in [-0.2, -0.15) is 12.6 Å². The minimum Gasteiger partial charge on any atom is -0.437 e. The van der Waals surface area contributed by atoms with Gasteiger partial charge in [0, 0.05) is 5.75 Å². The molecule has 0 aliphatic heterocycles. The molecule has 1 aromatic heterocycles. The van der Waals surface area contributed by atoms with Gasteiger partial charge in [-0.05, 0) is 38.4 Å². The van der Waals surface area contributed by atoms with Crippen LogP contribution in [-0.2, 0) is 0 Å². The molecule has 86 valence electrons. The van der Waals surface area contributed by atoms with Crippen molar-refractivity contribution in [2.24, 2.45) is 5.92 Å². The van der Waals surface area contributed by atoms with Crippen molar-refractivity contribution >= 4 is 24.4 Å². The number of oxazole rings is 1. The van der Waals surface area contributed by atoms with Gasteiger partial charge in [0.15, 0.2) is 0 Å². The van der Waals surface area contributed by atoms with Gasteiger partial charge in [0.1, 0.15) is 5.76 Å². The van der Waals surface area contributed by atoms with E-state index in [1.54, 1.807) is 11.8 Å². The molecule has 0 fully saturated rings. The summed E-state index contributed by atoms with van der Waals surface area (Å²) in [5.41, 5.74) is 1.00. The molecule has 0 amide bonds. The summed E-state index contributed by atoms with van der Waals surface area (Å²) in [6.07, 6.45) is 2.39. The van der Waals surface area contributed by atoms with Gasteiger partial charge in [0.05, 0.1) is 5.69 Å². The lowest BCUT2D eigenvalue weighted by atomic mass is 10.1. The lowest BCUT2D eigenvalue weighted by Crippen LogP contribution is -1.97. The van der Waals surface area contributed by atoms with Crippen molar-refractivity contribution in [3.63, 3.8) is 0 Å². The monoisotopic (exact) mass is 245 g/mol. The fraction of sp³-hybridized carbons (Fsp3) is 0.727. The zero-order chi connectivity index (χ0) is 11.3. The van der Waals surface area contributed by atoms with Crippen molar-refractivity contribution in [3.8, 4) is 0 Å². The third-order valence-electron chi connectivity index (χ3n) is 2.47. The van der Waals surface area contributed by atoms with Gasteiger partial charge in [0.2, 0.25) is 0 Å². The average molecular weight is 245 g/mol. The van der Waals surface area contributed by atoms with Crippen LogP contribution in [0.4, 0.5) is 0 Å². The highest BCUT2D eigenvalue weighted by Crippen LogP contribution is 2.22. The minimum absolute atomic E-state index is 0.743. The molecule has 0 radical (unpaired) electrons. The first kappa shape index (κ1) is 13.0. The molecule has 4 heteroatoms. The van der Waals surface area contributed by atoms with E-state index >= 15 is 0 Å². The van der Waals surface area contributed by atoms with Gasteiger partial charge in [-0.25, -0.2) is 4.98 Å². The van der Waals surface area contributed by atoms with E-state index in [0.29, 0.717) is 0 Å². The Morgan fingerprint density at radius 2 is 2.13 bits per heavy atom. The Bertz CT molecular complexity index is 279. The highest BCUT2D eigenvalue weighted by atomic mass is 32.2. The maximum atomic E-state index is 5.49. The van der Waals surface area contributed by atoms with Crippen LogP contribution >= 0.6 is 24.4 Å². The summed E-state index contributed by atoms with van der Waals surface area (Å²) in [7, 11) is 0. The van der Waals surface area contributed by atoms with Gasteiger partial charge < -0.3 is 4.42 Å². The van der Waals surface area contributed by atoms with Gasteiger partial charge in [-0.1, -0.05) is 18.7 Å². The number of aryl methyl sites for hydroxylation is 2. The molecule has 15 heavy (non-hydrogen) atoms. The third kappa shape index (κ3) is 4.51. The standard InChI is InChI=1S/C11H19NOS2/c1-8(4-6-14)5-7-15-11-12-9(2)10(3)13-11/h8,14H,4-7H2,1-3H3. The Kier molecular flexibility index (Phi) is 5.61. The van der Waals surface area contributed by atoms with Crippen LogP contribution in [0, 0.1) is 19.8 Å². The molecule has 1 aromatic rings. The van der Waals surface area contributed by atoms with Crippen LogP contribution in [-0.4, -0.2) is 16.5 Å². The van der Waals surface area contributed by atoms with E-state index in [-0.39, 0.29) is 0 Å². The number of rotatable bonds is 6. The lowest BCUT2D eigenvalue weighted by molar-refractivity contribution is 0.430. The third-order valence-corrected chi connectivity index (χ3v) is 3.59. The highest BCUT2D eigenvalue weighted by molar-refractivity contribution is 7.99. The predicted molar refractivity (Wildman–Crippen MR) is 69.0 cm³/mol. The summed E-state index contributed by atoms with van der Waals surface area (Å²) in [4.78, 5) is 4.33. The molecular formula is C11H19NOS2. The van der Waals surface area contributed by atoms with Crippen molar-refractivity contribution < 1.29 is 4.42 Å². The first-order valence-corrected chi connectivity index (χ1v) is 6.93. The van der Waals surface area contributed by atoms with Gasteiger partial charge in [0.25, 0.3) is 5.22 Å². The molecule has 0 N–H and O–H groups in total. The Balaban J connectivity index is 2.25. The first-order chi connectivity index (χ1) is 7.13. The second-order valence-electron chi connectivity index (χ2n) is 3.88. The van der Waals surface area contributed by atoms with Crippen molar-refractivity contribution in [2.75, 3.05) is 11.5 Å². The van der Waals surface area contributed by atoms with Crippen LogP contribution in [0.15, 0.2) is 9.64 Å². The zero-order valence-electron chi connectivity index (χ0n) is 9.62. The van der Waals surface area contributed by atoms with E-state index in [2.05, 4.69) is 24.5 Å². The maximum absolute atomic E-state index is 5.49. The quantitative estimate of drug-likeness (QED) is 0.611. The zero-order valence-corrected chi connectivity index (χ0v) is 11.3. The number of nitrogens with zero attached hydrogens (tertiary/aromatic N) is 1. The Morgan fingerprint density at radius 1 is 1.40 bits per heavy atom. The van der Waals surface area contributed by atoms with Crippen LogP contribution in [0.25, 0.3) is 0 Å². The molecule has 0 spiro atoms. The Morgan fingerprint density at radius 3 is 2.67 bits per heavy atom. The van der Waals surface area contributed by atoms with Crippen molar-refractivity contribution in [1.82, 2.24) is 4.98 Å². The molecule has 1 heterocycles. The van der Waals surface area contributed by atoms with E-state index in [9.17, 15) is 0 Å². The van der Waals surface area contributed by atoms with Crippen LogP contribution < -0.4 is 0 Å². The minimum atomic E-state index is 0.743. The topological polar surface area (TPSA) is 26.0 Å². The molecule has 0 saturated carbocycles. The smallest absolute Gasteiger partial charge is 0.256 e. The Labute approximate surface area is 102 Å². The molecular weight excluding hydrogens is 226 g/mol. The molecule has 0 aromatic carbocycles. The summed E-state index contributed by atoms with van der Waals surface area (Å²) < 4.78 is 5.49. The van der Waals surface area contributed by atoms with Crippen LogP contribution in [0.5, 0.6) is 0 Å². The predicted octanol–water partition coefficient (Wildman–Crippen LogP) is 3.73. The van der Waals surface area contributed by atoms with E-state index < -0.39 is 0 Å². The molecule has 0 aliphatic rings. The van der Waals surface area contributed by atoms with Crippen LogP contribution in [0.3, 0.4) is 0 Å². The van der Waals surface area contributed by atoms with Crippen molar-refractivity contribution in [2.45, 2.75) is 38.8 Å². The molecule has 0 saturated heterocycles. The Hall–Kier alpha value is -0.0900. The lowest BCUT2D eigenvalue weighted by Gasteiger charge is -2.07. The number of aromatic nitrogens is 1. The number of hydrogen-bond acceptors (Lipinski definition) is 4. The SMILES string of the molecule is Cc1nc(SCCC(C)CCS)oc1C. The average Bonchev–Trinajstić information content (AvgIpc) is 2.46. The van der Waals surface area contributed by atoms with Gasteiger partial charge in [-0.15, -0.1) is 0 Å². The van der Waals surface area contributed by atoms with Gasteiger partial charge in [-0.3, -0.25) is 0 Å². The fourth-order valence-electron chi connectivity index (χ4n) is 1.22. The summed E-state index contributed by atoms with van der Waals surface area (Å²) in [5, 5.41) is 0.808.